The standard InChI is InChI=1S/C13H11N5O3/c1-21-12(19)8-18-7-10(6-16-18)17-13(20)11-3-2-9(4-14)5-15-11/h2-3,5-7H,8H2,1H3,(H,17,20). The summed E-state index contributed by atoms with van der Waals surface area (Å²) in [6, 6.07) is 4.87. The largest absolute Gasteiger partial charge is 0.468 e. The van der Waals surface area contributed by atoms with Crippen LogP contribution in [0.3, 0.4) is 0 Å². The highest BCUT2D eigenvalue weighted by Gasteiger charge is 2.10. The summed E-state index contributed by atoms with van der Waals surface area (Å²) in [7, 11) is 1.28. The van der Waals surface area contributed by atoms with E-state index in [0.717, 1.165) is 0 Å². The molecule has 8 heteroatoms. The number of carbonyl (C=O) groups excluding carboxylic acids is 2. The molecule has 0 bridgehead atoms. The number of nitrogens with zero attached hydrogens (tertiary/aromatic N) is 4. The normalized spacial score (nSPS) is 9.71. The third kappa shape index (κ3) is 3.63. The van der Waals surface area contributed by atoms with Gasteiger partial charge in [0.05, 0.1) is 24.6 Å². The Labute approximate surface area is 120 Å². The highest BCUT2D eigenvalue weighted by molar-refractivity contribution is 6.02. The molecule has 0 saturated heterocycles. The van der Waals surface area contributed by atoms with E-state index in [2.05, 4.69) is 20.1 Å². The second-order valence-electron chi connectivity index (χ2n) is 4.00. The van der Waals surface area contributed by atoms with E-state index < -0.39 is 11.9 Å². The fraction of sp³-hybridized carbons (Fsp3) is 0.154. The van der Waals surface area contributed by atoms with Crippen molar-refractivity contribution in [3.05, 3.63) is 42.0 Å². The summed E-state index contributed by atoms with van der Waals surface area (Å²) >= 11 is 0. The molecule has 0 aliphatic heterocycles. The molecule has 0 radical (unpaired) electrons. The first-order chi connectivity index (χ1) is 10.1. The van der Waals surface area contributed by atoms with Gasteiger partial charge in [-0.2, -0.15) is 10.4 Å². The van der Waals surface area contributed by atoms with Crippen LogP contribution in [0.25, 0.3) is 0 Å². The maximum atomic E-state index is 11.9. The van der Waals surface area contributed by atoms with Gasteiger partial charge in [0.1, 0.15) is 18.3 Å². The van der Waals surface area contributed by atoms with Crippen molar-refractivity contribution in [2.45, 2.75) is 6.54 Å². The van der Waals surface area contributed by atoms with Crippen molar-refractivity contribution in [3.63, 3.8) is 0 Å². The van der Waals surface area contributed by atoms with Crippen molar-refractivity contribution in [2.75, 3.05) is 12.4 Å². The molecule has 2 rings (SSSR count). The molecule has 2 aromatic rings. The lowest BCUT2D eigenvalue weighted by molar-refractivity contribution is -0.141. The van der Waals surface area contributed by atoms with Crippen LogP contribution in [0.4, 0.5) is 5.69 Å². The second-order valence-corrected chi connectivity index (χ2v) is 4.00. The van der Waals surface area contributed by atoms with Gasteiger partial charge in [0.25, 0.3) is 5.91 Å². The minimum absolute atomic E-state index is 0.0402. The zero-order valence-corrected chi connectivity index (χ0v) is 11.1. The molecule has 0 fully saturated rings. The number of nitriles is 1. The molecule has 106 valence electrons. The van der Waals surface area contributed by atoms with Crippen LogP contribution in [0.15, 0.2) is 30.7 Å². The number of hydrogen-bond donors (Lipinski definition) is 1. The fourth-order valence-electron chi connectivity index (χ4n) is 1.50. The van der Waals surface area contributed by atoms with Crippen LogP contribution in [0.5, 0.6) is 0 Å². The lowest BCUT2D eigenvalue weighted by Crippen LogP contribution is -2.13. The van der Waals surface area contributed by atoms with E-state index in [4.69, 9.17) is 5.26 Å². The molecule has 0 aliphatic rings. The van der Waals surface area contributed by atoms with Gasteiger partial charge in [-0.1, -0.05) is 0 Å². The molecule has 2 heterocycles. The number of ether oxygens (including phenoxy) is 1. The number of anilines is 1. The van der Waals surface area contributed by atoms with Crippen molar-refractivity contribution < 1.29 is 14.3 Å². The predicted octanol–water partition coefficient (Wildman–Crippen LogP) is 0.575. The van der Waals surface area contributed by atoms with Crippen molar-refractivity contribution in [3.8, 4) is 6.07 Å². The number of amides is 1. The SMILES string of the molecule is COC(=O)Cn1cc(NC(=O)c2ccc(C#N)cn2)cn1. The number of hydrogen-bond acceptors (Lipinski definition) is 6. The molecule has 0 saturated carbocycles. The van der Waals surface area contributed by atoms with Crippen LogP contribution >= 0.6 is 0 Å². The Balaban J connectivity index is 2.02. The number of nitrogens with one attached hydrogen (secondary N) is 1. The number of esters is 1. The van der Waals surface area contributed by atoms with Gasteiger partial charge in [-0.05, 0) is 12.1 Å². The van der Waals surface area contributed by atoms with Crippen molar-refractivity contribution in [2.24, 2.45) is 0 Å². The third-order valence-electron chi connectivity index (χ3n) is 2.54. The van der Waals surface area contributed by atoms with Crippen LogP contribution in [0.2, 0.25) is 0 Å². The molecule has 1 N–H and O–H groups in total. The summed E-state index contributed by atoms with van der Waals surface area (Å²) in [4.78, 5) is 26.9. The quantitative estimate of drug-likeness (QED) is 0.822. The molecule has 0 atom stereocenters. The number of aromatic nitrogens is 3. The maximum Gasteiger partial charge on any atom is 0.327 e. The maximum absolute atomic E-state index is 11.9. The number of methoxy groups -OCH3 is 1. The topological polar surface area (TPSA) is 110 Å². The molecule has 8 nitrogen and oxygen atoms in total. The van der Waals surface area contributed by atoms with Gasteiger partial charge in [-0.15, -0.1) is 0 Å². The highest BCUT2D eigenvalue weighted by Crippen LogP contribution is 2.08. The van der Waals surface area contributed by atoms with Crippen LogP contribution in [-0.2, 0) is 16.1 Å². The molecular weight excluding hydrogens is 274 g/mol. The van der Waals surface area contributed by atoms with Crippen LogP contribution in [-0.4, -0.2) is 33.8 Å². The van der Waals surface area contributed by atoms with E-state index in [0.29, 0.717) is 11.3 Å². The summed E-state index contributed by atoms with van der Waals surface area (Å²) < 4.78 is 5.85. The number of carbonyl (C=O) groups is 2. The monoisotopic (exact) mass is 285 g/mol. The van der Waals surface area contributed by atoms with Gasteiger partial charge in [0.2, 0.25) is 0 Å². The van der Waals surface area contributed by atoms with Gasteiger partial charge in [-0.3, -0.25) is 14.3 Å². The Morgan fingerprint density at radius 2 is 2.24 bits per heavy atom. The lowest BCUT2D eigenvalue weighted by atomic mass is 10.2. The van der Waals surface area contributed by atoms with Gasteiger partial charge in [0, 0.05) is 12.4 Å². The van der Waals surface area contributed by atoms with Crippen LogP contribution in [0.1, 0.15) is 16.1 Å². The summed E-state index contributed by atoms with van der Waals surface area (Å²) in [5, 5.41) is 15.2. The minimum Gasteiger partial charge on any atom is -0.468 e. The molecule has 0 spiro atoms. The predicted molar refractivity (Wildman–Crippen MR) is 71.1 cm³/mol. The zero-order valence-electron chi connectivity index (χ0n) is 11.1. The summed E-state index contributed by atoms with van der Waals surface area (Å²) in [5.74, 6) is -0.873. The smallest absolute Gasteiger partial charge is 0.327 e. The first kappa shape index (κ1) is 14.2. The van der Waals surface area contributed by atoms with Gasteiger partial charge >= 0.3 is 5.97 Å². The molecular formula is C13H11N5O3. The van der Waals surface area contributed by atoms with Crippen LogP contribution < -0.4 is 5.32 Å². The lowest BCUT2D eigenvalue weighted by Gasteiger charge is -2.01. The van der Waals surface area contributed by atoms with Gasteiger partial charge in [-0.25, -0.2) is 4.98 Å². The Morgan fingerprint density at radius 3 is 2.86 bits per heavy atom. The van der Waals surface area contributed by atoms with E-state index in [9.17, 15) is 9.59 Å². The third-order valence-corrected chi connectivity index (χ3v) is 2.54. The first-order valence-corrected chi connectivity index (χ1v) is 5.89. The van der Waals surface area contributed by atoms with E-state index in [1.807, 2.05) is 6.07 Å². The van der Waals surface area contributed by atoms with E-state index >= 15 is 0 Å². The molecule has 2 aromatic heterocycles. The van der Waals surface area contributed by atoms with Gasteiger partial charge < -0.3 is 10.1 Å². The molecule has 21 heavy (non-hydrogen) atoms. The summed E-state index contributed by atoms with van der Waals surface area (Å²) in [5.41, 5.74) is 0.974. The Morgan fingerprint density at radius 1 is 1.43 bits per heavy atom. The highest BCUT2D eigenvalue weighted by atomic mass is 16.5. The van der Waals surface area contributed by atoms with E-state index in [1.165, 1.54) is 42.5 Å². The molecule has 0 unspecified atom stereocenters. The summed E-state index contributed by atoms with van der Waals surface area (Å²) in [6.07, 6.45) is 4.22. The average molecular weight is 285 g/mol. The Kier molecular flexibility index (Phi) is 4.26. The van der Waals surface area contributed by atoms with E-state index in [-0.39, 0.29) is 12.2 Å². The zero-order chi connectivity index (χ0) is 15.2. The van der Waals surface area contributed by atoms with Crippen molar-refractivity contribution in [1.82, 2.24) is 14.8 Å². The minimum atomic E-state index is -0.440. The second kappa shape index (κ2) is 6.29. The first-order valence-electron chi connectivity index (χ1n) is 5.89. The van der Waals surface area contributed by atoms with Gasteiger partial charge in [0.15, 0.2) is 0 Å². The number of rotatable bonds is 4. The van der Waals surface area contributed by atoms with Crippen molar-refractivity contribution >= 4 is 17.6 Å². The Hall–Kier alpha value is -3.21. The molecule has 0 aliphatic carbocycles. The van der Waals surface area contributed by atoms with Crippen LogP contribution in [0, 0.1) is 11.3 Å². The fourth-order valence-corrected chi connectivity index (χ4v) is 1.50. The Bertz CT molecular complexity index is 699. The average Bonchev–Trinajstić information content (AvgIpc) is 2.94. The number of pyridine rings is 1. The van der Waals surface area contributed by atoms with E-state index in [1.54, 1.807) is 0 Å². The molecule has 1 amide bonds. The summed E-state index contributed by atoms with van der Waals surface area (Å²) in [6.45, 7) is -0.0402. The van der Waals surface area contributed by atoms with Crippen molar-refractivity contribution in [1.29, 1.82) is 5.26 Å². The molecule has 0 aromatic carbocycles.